The summed E-state index contributed by atoms with van der Waals surface area (Å²) < 4.78 is 42.7. The number of piperidine rings is 1. The fourth-order valence-electron chi connectivity index (χ4n) is 2.80. The van der Waals surface area contributed by atoms with Crippen LogP contribution >= 0.6 is 0 Å². The highest BCUT2D eigenvalue weighted by molar-refractivity contribution is 5.69. The normalized spacial score (nSPS) is 22.4. The van der Waals surface area contributed by atoms with E-state index in [2.05, 4.69) is 5.32 Å². The van der Waals surface area contributed by atoms with Crippen LogP contribution in [0.4, 0.5) is 13.2 Å². The van der Waals surface area contributed by atoms with Crippen LogP contribution in [0, 0.1) is 5.92 Å². The van der Waals surface area contributed by atoms with Crippen LogP contribution in [0.1, 0.15) is 43.4 Å². The fourth-order valence-corrected chi connectivity index (χ4v) is 2.80. The molecule has 1 N–H and O–H groups in total. The van der Waals surface area contributed by atoms with Crippen molar-refractivity contribution in [2.24, 2.45) is 5.92 Å². The van der Waals surface area contributed by atoms with Crippen molar-refractivity contribution >= 4 is 5.97 Å². The van der Waals surface area contributed by atoms with Gasteiger partial charge in [-0.1, -0.05) is 12.1 Å². The number of carbonyl (C=O) groups excluding carboxylic acids is 1. The largest absolute Gasteiger partial charge is 0.466 e. The lowest BCUT2D eigenvalue weighted by Gasteiger charge is -2.30. The summed E-state index contributed by atoms with van der Waals surface area (Å²) in [5, 5.41) is 3.30. The Labute approximate surface area is 127 Å². The van der Waals surface area contributed by atoms with E-state index in [0.29, 0.717) is 13.0 Å². The van der Waals surface area contributed by atoms with Crippen LogP contribution in [0.3, 0.4) is 0 Å². The van der Waals surface area contributed by atoms with Crippen LogP contribution in [-0.4, -0.2) is 19.1 Å². The Morgan fingerprint density at radius 3 is 2.59 bits per heavy atom. The standard InChI is InChI=1S/C16H20F3NO2/c1-2-22-15(21)10-11-7-8-20-14(9-11)12-3-5-13(6-4-12)16(17,18)19/h3-6,11,14,20H,2,7-10H2,1H3. The number of hydrogen-bond acceptors (Lipinski definition) is 3. The van der Waals surface area contributed by atoms with E-state index in [1.54, 1.807) is 6.92 Å². The number of esters is 1. The smallest absolute Gasteiger partial charge is 0.416 e. The summed E-state index contributed by atoms with van der Waals surface area (Å²) in [5.74, 6) is -0.00633. The second-order valence-electron chi connectivity index (χ2n) is 5.53. The Kier molecular flexibility index (Phi) is 5.45. The molecule has 6 heteroatoms. The first-order valence-electron chi connectivity index (χ1n) is 7.46. The fraction of sp³-hybridized carbons (Fsp3) is 0.562. The first-order chi connectivity index (χ1) is 10.4. The summed E-state index contributed by atoms with van der Waals surface area (Å²) in [7, 11) is 0. The molecule has 2 unspecified atom stereocenters. The Morgan fingerprint density at radius 1 is 1.32 bits per heavy atom. The molecule has 1 aliphatic heterocycles. The van der Waals surface area contributed by atoms with Crippen LogP contribution in [0.2, 0.25) is 0 Å². The third-order valence-electron chi connectivity index (χ3n) is 3.91. The number of alkyl halides is 3. The van der Waals surface area contributed by atoms with Crippen molar-refractivity contribution in [2.75, 3.05) is 13.2 Å². The Morgan fingerprint density at radius 2 is 2.00 bits per heavy atom. The summed E-state index contributed by atoms with van der Waals surface area (Å²) >= 11 is 0. The molecule has 0 saturated carbocycles. The van der Waals surface area contributed by atoms with Gasteiger partial charge < -0.3 is 10.1 Å². The predicted octanol–water partition coefficient (Wildman–Crippen LogP) is 3.70. The average Bonchev–Trinajstić information content (AvgIpc) is 2.47. The molecule has 2 rings (SSSR count). The van der Waals surface area contributed by atoms with Crippen molar-refractivity contribution in [2.45, 2.75) is 38.4 Å². The molecule has 3 nitrogen and oxygen atoms in total. The Hall–Kier alpha value is -1.56. The van der Waals surface area contributed by atoms with Crippen LogP contribution in [0.25, 0.3) is 0 Å². The molecule has 0 radical (unpaired) electrons. The minimum atomic E-state index is -4.31. The Bertz CT molecular complexity index is 499. The number of ether oxygens (including phenoxy) is 1. The monoisotopic (exact) mass is 315 g/mol. The van der Waals surface area contributed by atoms with E-state index in [0.717, 1.165) is 37.1 Å². The third-order valence-corrected chi connectivity index (χ3v) is 3.91. The van der Waals surface area contributed by atoms with Crippen molar-refractivity contribution < 1.29 is 22.7 Å². The predicted molar refractivity (Wildman–Crippen MR) is 76.2 cm³/mol. The van der Waals surface area contributed by atoms with E-state index >= 15 is 0 Å². The van der Waals surface area contributed by atoms with Gasteiger partial charge in [0.25, 0.3) is 0 Å². The average molecular weight is 315 g/mol. The summed E-state index contributed by atoms with van der Waals surface area (Å²) in [4.78, 5) is 11.5. The molecule has 1 saturated heterocycles. The van der Waals surface area contributed by atoms with Crippen molar-refractivity contribution in [1.29, 1.82) is 0 Å². The maximum Gasteiger partial charge on any atom is 0.416 e. The number of carbonyl (C=O) groups is 1. The molecule has 0 aliphatic carbocycles. The van der Waals surface area contributed by atoms with Crippen molar-refractivity contribution in [3.63, 3.8) is 0 Å². The molecule has 1 aromatic rings. The van der Waals surface area contributed by atoms with Crippen molar-refractivity contribution in [3.8, 4) is 0 Å². The molecule has 0 bridgehead atoms. The van der Waals surface area contributed by atoms with E-state index < -0.39 is 11.7 Å². The van der Waals surface area contributed by atoms with E-state index in [-0.39, 0.29) is 17.9 Å². The zero-order chi connectivity index (χ0) is 16.2. The van der Waals surface area contributed by atoms with Crippen molar-refractivity contribution in [1.82, 2.24) is 5.32 Å². The third kappa shape index (κ3) is 4.47. The van der Waals surface area contributed by atoms with E-state index in [1.807, 2.05) is 0 Å². The molecule has 22 heavy (non-hydrogen) atoms. The molecule has 1 fully saturated rings. The van der Waals surface area contributed by atoms with E-state index in [1.165, 1.54) is 12.1 Å². The zero-order valence-electron chi connectivity index (χ0n) is 12.5. The Balaban J connectivity index is 1.98. The molecule has 0 spiro atoms. The van der Waals surface area contributed by atoms with Gasteiger partial charge in [0.15, 0.2) is 0 Å². The van der Waals surface area contributed by atoms with Crippen LogP contribution in [0.5, 0.6) is 0 Å². The highest BCUT2D eigenvalue weighted by Gasteiger charge is 2.31. The molecule has 122 valence electrons. The number of benzene rings is 1. The first-order valence-corrected chi connectivity index (χ1v) is 7.46. The van der Waals surface area contributed by atoms with Gasteiger partial charge in [-0.05, 0) is 49.9 Å². The van der Waals surface area contributed by atoms with Crippen LogP contribution in [-0.2, 0) is 15.7 Å². The lowest BCUT2D eigenvalue weighted by molar-refractivity contribution is -0.144. The molecule has 1 heterocycles. The highest BCUT2D eigenvalue weighted by atomic mass is 19.4. The molecule has 1 aliphatic rings. The lowest BCUT2D eigenvalue weighted by Crippen LogP contribution is -2.33. The van der Waals surface area contributed by atoms with E-state index in [9.17, 15) is 18.0 Å². The van der Waals surface area contributed by atoms with Gasteiger partial charge in [-0.15, -0.1) is 0 Å². The van der Waals surface area contributed by atoms with Gasteiger partial charge in [-0.3, -0.25) is 4.79 Å². The SMILES string of the molecule is CCOC(=O)CC1CCNC(c2ccc(C(F)(F)F)cc2)C1. The number of rotatable bonds is 4. The quantitative estimate of drug-likeness (QED) is 0.861. The molecule has 0 aromatic heterocycles. The molecular weight excluding hydrogens is 295 g/mol. The number of hydrogen-bond donors (Lipinski definition) is 1. The van der Waals surface area contributed by atoms with Gasteiger partial charge in [0.1, 0.15) is 0 Å². The second kappa shape index (κ2) is 7.13. The zero-order valence-corrected chi connectivity index (χ0v) is 12.5. The van der Waals surface area contributed by atoms with Crippen LogP contribution < -0.4 is 5.32 Å². The first kappa shape index (κ1) is 16.8. The van der Waals surface area contributed by atoms with Gasteiger partial charge in [0, 0.05) is 12.5 Å². The number of halogens is 3. The summed E-state index contributed by atoms with van der Waals surface area (Å²) in [6.07, 6.45) is -2.35. The number of nitrogens with one attached hydrogen (secondary N) is 1. The minimum absolute atomic E-state index is 0.0181. The molecule has 2 atom stereocenters. The van der Waals surface area contributed by atoms with Gasteiger partial charge >= 0.3 is 12.1 Å². The molecular formula is C16H20F3NO2. The van der Waals surface area contributed by atoms with Gasteiger partial charge in [0.05, 0.1) is 12.2 Å². The van der Waals surface area contributed by atoms with Crippen LogP contribution in [0.15, 0.2) is 24.3 Å². The highest BCUT2D eigenvalue weighted by Crippen LogP contribution is 2.33. The maximum absolute atomic E-state index is 12.6. The van der Waals surface area contributed by atoms with E-state index in [4.69, 9.17) is 4.74 Å². The topological polar surface area (TPSA) is 38.3 Å². The second-order valence-corrected chi connectivity index (χ2v) is 5.53. The van der Waals surface area contributed by atoms with Gasteiger partial charge in [-0.2, -0.15) is 13.2 Å². The maximum atomic E-state index is 12.6. The summed E-state index contributed by atoms with van der Waals surface area (Å²) in [6, 6.07) is 5.20. The van der Waals surface area contributed by atoms with Gasteiger partial charge in [-0.25, -0.2) is 0 Å². The summed E-state index contributed by atoms with van der Waals surface area (Å²) in [6.45, 7) is 2.88. The molecule has 1 aromatic carbocycles. The van der Waals surface area contributed by atoms with Gasteiger partial charge in [0.2, 0.25) is 0 Å². The summed E-state index contributed by atoms with van der Waals surface area (Å²) in [5.41, 5.74) is 0.177. The lowest BCUT2D eigenvalue weighted by atomic mass is 9.86. The molecule has 0 amide bonds. The van der Waals surface area contributed by atoms with Crippen molar-refractivity contribution in [3.05, 3.63) is 35.4 Å². The minimum Gasteiger partial charge on any atom is -0.466 e.